The van der Waals surface area contributed by atoms with E-state index in [2.05, 4.69) is 15.7 Å². The van der Waals surface area contributed by atoms with Gasteiger partial charge in [0.1, 0.15) is 0 Å². The molecule has 9 nitrogen and oxygen atoms in total. The minimum absolute atomic E-state index is 0.0932. The molecule has 0 saturated carbocycles. The van der Waals surface area contributed by atoms with E-state index in [0.717, 1.165) is 10.4 Å². The minimum atomic E-state index is -0.878. The van der Waals surface area contributed by atoms with E-state index in [-0.39, 0.29) is 17.8 Å². The molecule has 0 radical (unpaired) electrons. The number of nitrogens with zero attached hydrogens (tertiary/aromatic N) is 2. The highest BCUT2D eigenvalue weighted by Crippen LogP contribution is 2.15. The van der Waals surface area contributed by atoms with Crippen molar-refractivity contribution in [1.29, 1.82) is 0 Å². The summed E-state index contributed by atoms with van der Waals surface area (Å²) in [5, 5.41) is 11.5. The standard InChI is InChI=1S/C25H22N4O5S/c30-21(27-25(33)26-13-12-18-9-6-14-35-18)16-34-24(32)22-19-10-4-5-11-20(19)23(31)29(28-22)15-17-7-2-1-3-8-17/h1-11,14H,12-13,15-16H2,(H2,26,27,30,33). The molecule has 4 rings (SSSR count). The molecule has 178 valence electrons. The van der Waals surface area contributed by atoms with E-state index in [0.29, 0.717) is 23.7 Å². The number of carbonyl (C=O) groups is 3. The fraction of sp³-hybridized carbons (Fsp3) is 0.160. The van der Waals surface area contributed by atoms with Gasteiger partial charge in [-0.2, -0.15) is 5.10 Å². The normalized spacial score (nSPS) is 10.6. The van der Waals surface area contributed by atoms with Crippen LogP contribution in [0.3, 0.4) is 0 Å². The topological polar surface area (TPSA) is 119 Å². The zero-order valence-corrected chi connectivity index (χ0v) is 19.4. The molecule has 0 aliphatic carbocycles. The van der Waals surface area contributed by atoms with Crippen molar-refractivity contribution in [3.05, 3.63) is 98.6 Å². The number of nitrogens with one attached hydrogen (secondary N) is 2. The summed E-state index contributed by atoms with van der Waals surface area (Å²) >= 11 is 1.58. The zero-order chi connectivity index (χ0) is 24.6. The van der Waals surface area contributed by atoms with Crippen molar-refractivity contribution in [2.24, 2.45) is 0 Å². The Morgan fingerprint density at radius 3 is 2.43 bits per heavy atom. The number of aromatic nitrogens is 2. The molecule has 0 spiro atoms. The van der Waals surface area contributed by atoms with Gasteiger partial charge < -0.3 is 10.1 Å². The highest BCUT2D eigenvalue weighted by Gasteiger charge is 2.19. The maximum Gasteiger partial charge on any atom is 0.359 e. The fourth-order valence-corrected chi connectivity index (χ4v) is 4.12. The maximum atomic E-state index is 12.9. The molecule has 2 aromatic heterocycles. The number of benzene rings is 2. The molecule has 0 atom stereocenters. The van der Waals surface area contributed by atoms with Gasteiger partial charge in [-0.15, -0.1) is 11.3 Å². The third-order valence-electron chi connectivity index (χ3n) is 5.06. The van der Waals surface area contributed by atoms with E-state index in [9.17, 15) is 19.2 Å². The van der Waals surface area contributed by atoms with Crippen molar-refractivity contribution in [3.63, 3.8) is 0 Å². The molecule has 0 aliphatic heterocycles. The summed E-state index contributed by atoms with van der Waals surface area (Å²) in [4.78, 5) is 50.8. The molecule has 2 aromatic carbocycles. The number of fused-ring (bicyclic) bond motifs is 1. The summed E-state index contributed by atoms with van der Waals surface area (Å²) in [5.41, 5.74) is 0.392. The van der Waals surface area contributed by atoms with E-state index in [1.165, 1.54) is 4.68 Å². The number of esters is 1. The van der Waals surface area contributed by atoms with Gasteiger partial charge in [-0.1, -0.05) is 54.6 Å². The van der Waals surface area contributed by atoms with Crippen LogP contribution < -0.4 is 16.2 Å². The molecule has 3 amide bonds. The van der Waals surface area contributed by atoms with E-state index < -0.39 is 24.5 Å². The number of rotatable bonds is 8. The minimum Gasteiger partial charge on any atom is -0.451 e. The summed E-state index contributed by atoms with van der Waals surface area (Å²) in [5.74, 6) is -1.66. The molecule has 0 bridgehead atoms. The lowest BCUT2D eigenvalue weighted by molar-refractivity contribution is -0.123. The van der Waals surface area contributed by atoms with Gasteiger partial charge in [0.15, 0.2) is 12.3 Å². The second-order valence-corrected chi connectivity index (χ2v) is 8.58. The molecule has 4 aromatic rings. The summed E-state index contributed by atoms with van der Waals surface area (Å²) in [6.07, 6.45) is 0.645. The number of thiophene rings is 1. The zero-order valence-electron chi connectivity index (χ0n) is 18.6. The Labute approximate surface area is 204 Å². The Morgan fingerprint density at radius 2 is 1.69 bits per heavy atom. The van der Waals surface area contributed by atoms with Crippen LogP contribution in [0.4, 0.5) is 4.79 Å². The van der Waals surface area contributed by atoms with E-state index in [1.54, 1.807) is 35.6 Å². The number of urea groups is 1. The van der Waals surface area contributed by atoms with Crippen molar-refractivity contribution < 1.29 is 19.1 Å². The van der Waals surface area contributed by atoms with E-state index >= 15 is 0 Å². The Morgan fingerprint density at radius 1 is 0.943 bits per heavy atom. The smallest absolute Gasteiger partial charge is 0.359 e. The SMILES string of the molecule is O=C(COC(=O)c1nn(Cc2ccccc2)c(=O)c2ccccc12)NC(=O)NCCc1cccs1. The molecule has 2 heterocycles. The largest absolute Gasteiger partial charge is 0.451 e. The van der Waals surface area contributed by atoms with Gasteiger partial charge in [-0.25, -0.2) is 14.3 Å². The van der Waals surface area contributed by atoms with Gasteiger partial charge in [0, 0.05) is 16.8 Å². The molecule has 0 saturated heterocycles. The predicted octanol–water partition coefficient (Wildman–Crippen LogP) is 2.73. The van der Waals surface area contributed by atoms with Crippen LogP contribution in [0.15, 0.2) is 76.9 Å². The van der Waals surface area contributed by atoms with Gasteiger partial charge >= 0.3 is 12.0 Å². The number of amides is 3. The van der Waals surface area contributed by atoms with Crippen molar-refractivity contribution in [2.75, 3.05) is 13.2 Å². The predicted molar refractivity (Wildman–Crippen MR) is 131 cm³/mol. The second-order valence-electron chi connectivity index (χ2n) is 7.55. The Hall–Kier alpha value is -4.31. The van der Waals surface area contributed by atoms with Crippen LogP contribution in [0, 0.1) is 0 Å². The van der Waals surface area contributed by atoms with Gasteiger partial charge in [0.25, 0.3) is 11.5 Å². The average Bonchev–Trinajstić information content (AvgIpc) is 3.38. The van der Waals surface area contributed by atoms with Crippen molar-refractivity contribution in [2.45, 2.75) is 13.0 Å². The number of ether oxygens (including phenoxy) is 1. The van der Waals surface area contributed by atoms with Gasteiger partial charge in [-0.3, -0.25) is 14.9 Å². The van der Waals surface area contributed by atoms with E-state index in [4.69, 9.17) is 4.74 Å². The highest BCUT2D eigenvalue weighted by atomic mass is 32.1. The fourth-order valence-electron chi connectivity index (χ4n) is 3.41. The summed E-state index contributed by atoms with van der Waals surface area (Å²) < 4.78 is 6.29. The van der Waals surface area contributed by atoms with Crippen LogP contribution in [-0.4, -0.2) is 40.8 Å². The van der Waals surface area contributed by atoms with E-state index in [1.807, 2.05) is 47.8 Å². The van der Waals surface area contributed by atoms with Crippen molar-refractivity contribution in [1.82, 2.24) is 20.4 Å². The summed E-state index contributed by atoms with van der Waals surface area (Å²) in [6.45, 7) is -0.153. The maximum absolute atomic E-state index is 12.9. The van der Waals surface area contributed by atoms with Crippen LogP contribution in [0.1, 0.15) is 20.9 Å². The van der Waals surface area contributed by atoms with Crippen LogP contribution in [0.25, 0.3) is 10.8 Å². The molecule has 10 heteroatoms. The lowest BCUT2D eigenvalue weighted by Crippen LogP contribution is -2.42. The number of carbonyl (C=O) groups excluding carboxylic acids is 3. The van der Waals surface area contributed by atoms with Crippen molar-refractivity contribution in [3.8, 4) is 0 Å². The molecule has 0 fully saturated rings. The Kier molecular flexibility index (Phi) is 7.63. The molecule has 0 aliphatic rings. The third kappa shape index (κ3) is 6.18. The lowest BCUT2D eigenvalue weighted by atomic mass is 10.1. The highest BCUT2D eigenvalue weighted by molar-refractivity contribution is 7.09. The molecule has 0 unspecified atom stereocenters. The van der Waals surface area contributed by atoms with Crippen LogP contribution in [-0.2, 0) is 22.5 Å². The first-order chi connectivity index (χ1) is 17.0. The number of hydrogen-bond donors (Lipinski definition) is 2. The first kappa shape index (κ1) is 23.8. The van der Waals surface area contributed by atoms with Crippen LogP contribution >= 0.6 is 11.3 Å². The summed E-state index contributed by atoms with van der Waals surface area (Å²) in [6, 6.07) is 19.0. The molecular formula is C25H22N4O5S. The molecule has 35 heavy (non-hydrogen) atoms. The average molecular weight is 491 g/mol. The summed E-state index contributed by atoms with van der Waals surface area (Å²) in [7, 11) is 0. The monoisotopic (exact) mass is 490 g/mol. The van der Waals surface area contributed by atoms with Crippen LogP contribution in [0.5, 0.6) is 0 Å². The third-order valence-corrected chi connectivity index (χ3v) is 6.00. The second kappa shape index (κ2) is 11.2. The number of hydrogen-bond acceptors (Lipinski definition) is 7. The van der Waals surface area contributed by atoms with Gasteiger partial charge in [-0.05, 0) is 29.5 Å². The Bertz CT molecular complexity index is 1400. The first-order valence-corrected chi connectivity index (χ1v) is 11.7. The molecular weight excluding hydrogens is 468 g/mol. The van der Waals surface area contributed by atoms with Gasteiger partial charge in [0.2, 0.25) is 0 Å². The first-order valence-electron chi connectivity index (χ1n) is 10.8. The van der Waals surface area contributed by atoms with Gasteiger partial charge in [0.05, 0.1) is 11.9 Å². The molecule has 2 N–H and O–H groups in total. The van der Waals surface area contributed by atoms with Crippen LogP contribution in [0.2, 0.25) is 0 Å². The van der Waals surface area contributed by atoms with Crippen molar-refractivity contribution >= 4 is 40.0 Å². The number of imide groups is 1. The quantitative estimate of drug-likeness (QED) is 0.367. The Balaban J connectivity index is 1.40. The lowest BCUT2D eigenvalue weighted by Gasteiger charge is -2.11.